The zero-order valence-electron chi connectivity index (χ0n) is 14.0. The van der Waals surface area contributed by atoms with Gasteiger partial charge < -0.3 is 9.40 Å². The summed E-state index contributed by atoms with van der Waals surface area (Å²) in [5.41, 5.74) is 4.37. The van der Waals surface area contributed by atoms with Crippen LogP contribution in [0.4, 0.5) is 0 Å². The number of hydrogen-bond donors (Lipinski definition) is 1. The van der Waals surface area contributed by atoms with Crippen molar-refractivity contribution in [3.8, 4) is 11.3 Å². The van der Waals surface area contributed by atoms with E-state index in [1.807, 2.05) is 18.2 Å². The second-order valence-electron chi connectivity index (χ2n) is 6.74. The molecule has 2 nitrogen and oxygen atoms in total. The van der Waals surface area contributed by atoms with Crippen LogP contribution in [0.1, 0.15) is 0 Å². The molecule has 1 N–H and O–H groups in total. The Morgan fingerprint density at radius 1 is 0.615 bits per heavy atom. The Labute approximate surface area is 149 Å². The van der Waals surface area contributed by atoms with Gasteiger partial charge in [0.25, 0.3) is 0 Å². The third-order valence-corrected chi connectivity index (χ3v) is 5.21. The van der Waals surface area contributed by atoms with E-state index in [0.29, 0.717) is 0 Å². The van der Waals surface area contributed by atoms with Crippen LogP contribution in [0.25, 0.3) is 54.9 Å². The Kier molecular flexibility index (Phi) is 2.64. The highest BCUT2D eigenvalue weighted by molar-refractivity contribution is 6.17. The molecule has 6 aromatic rings. The molecule has 0 amide bonds. The number of aromatic nitrogens is 1. The lowest BCUT2D eigenvalue weighted by atomic mass is 10.0. The van der Waals surface area contributed by atoms with Crippen LogP contribution in [0, 0.1) is 0 Å². The van der Waals surface area contributed by atoms with E-state index in [-0.39, 0.29) is 0 Å². The number of nitrogens with one attached hydrogen (secondary N) is 1. The molecule has 0 saturated carbocycles. The molecule has 0 saturated heterocycles. The van der Waals surface area contributed by atoms with Gasteiger partial charge in [0.05, 0.1) is 5.52 Å². The van der Waals surface area contributed by atoms with Crippen LogP contribution in [0.5, 0.6) is 0 Å². The molecule has 0 atom stereocenters. The second kappa shape index (κ2) is 4.99. The smallest absolute Gasteiger partial charge is 0.135 e. The molecule has 0 aliphatic carbocycles. The minimum absolute atomic E-state index is 0.906. The molecular weight excluding hydrogens is 318 g/mol. The van der Waals surface area contributed by atoms with Crippen molar-refractivity contribution in [2.75, 3.05) is 0 Å². The van der Waals surface area contributed by atoms with Crippen molar-refractivity contribution in [1.29, 1.82) is 0 Å². The fraction of sp³-hybridized carbons (Fsp3) is 0. The molecule has 0 fully saturated rings. The summed E-state index contributed by atoms with van der Waals surface area (Å²) in [4.78, 5) is 3.60. The number of para-hydroxylation sites is 1. The van der Waals surface area contributed by atoms with Crippen LogP contribution in [0.3, 0.4) is 0 Å². The van der Waals surface area contributed by atoms with Crippen LogP contribution in [0.2, 0.25) is 0 Å². The molecule has 0 bridgehead atoms. The molecule has 6 rings (SSSR count). The standard InChI is InChI=1S/C24H15NO/c1-3-7-18-15(5-1)9-11-19-20-13-17(10-12-21(20)25-24(18)19)23-14-16-6-2-4-8-22(16)26-23/h1-14,25H. The zero-order valence-corrected chi connectivity index (χ0v) is 14.0. The first-order chi connectivity index (χ1) is 12.9. The number of H-pyrrole nitrogens is 1. The van der Waals surface area contributed by atoms with Crippen LogP contribution in [0.15, 0.2) is 89.3 Å². The molecular formula is C24H15NO. The first-order valence-electron chi connectivity index (χ1n) is 8.79. The zero-order chi connectivity index (χ0) is 17.1. The maximum atomic E-state index is 6.05. The van der Waals surface area contributed by atoms with Gasteiger partial charge in [-0.3, -0.25) is 0 Å². The van der Waals surface area contributed by atoms with Gasteiger partial charge in [-0.15, -0.1) is 0 Å². The number of fused-ring (bicyclic) bond motifs is 6. The van der Waals surface area contributed by atoms with Crippen molar-refractivity contribution in [1.82, 2.24) is 4.98 Å². The number of furan rings is 1. The minimum Gasteiger partial charge on any atom is -0.456 e. The molecule has 0 aliphatic rings. The van der Waals surface area contributed by atoms with Crippen LogP contribution in [-0.4, -0.2) is 4.98 Å². The maximum absolute atomic E-state index is 6.05. The number of aromatic amines is 1. The maximum Gasteiger partial charge on any atom is 0.135 e. The highest BCUT2D eigenvalue weighted by Gasteiger charge is 2.11. The minimum atomic E-state index is 0.906. The summed E-state index contributed by atoms with van der Waals surface area (Å²) in [6.07, 6.45) is 0. The monoisotopic (exact) mass is 333 g/mol. The summed E-state index contributed by atoms with van der Waals surface area (Å²) < 4.78 is 6.05. The summed E-state index contributed by atoms with van der Waals surface area (Å²) in [6, 6.07) is 29.6. The van der Waals surface area contributed by atoms with Crippen molar-refractivity contribution in [3.63, 3.8) is 0 Å². The fourth-order valence-electron chi connectivity index (χ4n) is 3.92. The SMILES string of the molecule is c1ccc2oc(-c3ccc4[nH]c5c6ccccc6ccc5c4c3)cc2c1. The van der Waals surface area contributed by atoms with Gasteiger partial charge in [0, 0.05) is 32.6 Å². The van der Waals surface area contributed by atoms with Gasteiger partial charge in [-0.2, -0.15) is 0 Å². The van der Waals surface area contributed by atoms with Crippen molar-refractivity contribution < 1.29 is 4.42 Å². The van der Waals surface area contributed by atoms with Crippen molar-refractivity contribution in [2.24, 2.45) is 0 Å². The molecule has 2 heteroatoms. The summed E-state index contributed by atoms with van der Waals surface area (Å²) in [5, 5.41) is 6.11. The Bertz CT molecular complexity index is 1400. The normalized spacial score (nSPS) is 11.8. The molecule has 0 aliphatic heterocycles. The summed E-state index contributed by atoms with van der Waals surface area (Å²) in [6.45, 7) is 0. The van der Waals surface area contributed by atoms with E-state index in [1.54, 1.807) is 0 Å². The first kappa shape index (κ1) is 13.7. The lowest BCUT2D eigenvalue weighted by molar-refractivity contribution is 0.631. The van der Waals surface area contributed by atoms with Gasteiger partial charge in [0.1, 0.15) is 11.3 Å². The molecule has 2 aromatic heterocycles. The second-order valence-corrected chi connectivity index (χ2v) is 6.74. The van der Waals surface area contributed by atoms with Crippen LogP contribution >= 0.6 is 0 Å². The Hall–Kier alpha value is -3.52. The van der Waals surface area contributed by atoms with E-state index in [0.717, 1.165) is 27.8 Å². The van der Waals surface area contributed by atoms with E-state index in [4.69, 9.17) is 4.42 Å². The van der Waals surface area contributed by atoms with Crippen LogP contribution in [-0.2, 0) is 0 Å². The van der Waals surface area contributed by atoms with E-state index in [9.17, 15) is 0 Å². The van der Waals surface area contributed by atoms with Crippen molar-refractivity contribution in [3.05, 3.63) is 84.9 Å². The third kappa shape index (κ3) is 1.87. The number of rotatable bonds is 1. The Morgan fingerprint density at radius 2 is 1.46 bits per heavy atom. The summed E-state index contributed by atoms with van der Waals surface area (Å²) in [7, 11) is 0. The van der Waals surface area contributed by atoms with E-state index >= 15 is 0 Å². The van der Waals surface area contributed by atoms with Gasteiger partial charge in [-0.05, 0) is 35.7 Å². The van der Waals surface area contributed by atoms with Crippen molar-refractivity contribution in [2.45, 2.75) is 0 Å². The largest absolute Gasteiger partial charge is 0.456 e. The predicted molar refractivity (Wildman–Crippen MR) is 109 cm³/mol. The lowest BCUT2D eigenvalue weighted by Crippen LogP contribution is -1.74. The molecule has 122 valence electrons. The fourth-order valence-corrected chi connectivity index (χ4v) is 3.92. The highest BCUT2D eigenvalue weighted by Crippen LogP contribution is 2.35. The summed E-state index contributed by atoms with van der Waals surface area (Å²) in [5.74, 6) is 0.906. The Morgan fingerprint density at radius 3 is 2.38 bits per heavy atom. The lowest BCUT2D eigenvalue weighted by Gasteiger charge is -1.99. The van der Waals surface area contributed by atoms with Gasteiger partial charge in [-0.1, -0.05) is 54.6 Å². The van der Waals surface area contributed by atoms with Crippen molar-refractivity contribution >= 4 is 43.5 Å². The van der Waals surface area contributed by atoms with Gasteiger partial charge in [-0.25, -0.2) is 0 Å². The molecule has 0 radical (unpaired) electrons. The average molecular weight is 333 g/mol. The van der Waals surface area contributed by atoms with Gasteiger partial charge >= 0.3 is 0 Å². The van der Waals surface area contributed by atoms with Gasteiger partial charge in [0.2, 0.25) is 0 Å². The molecule has 0 unspecified atom stereocenters. The van der Waals surface area contributed by atoms with E-state index in [2.05, 4.69) is 71.7 Å². The average Bonchev–Trinajstić information content (AvgIpc) is 3.29. The Balaban J connectivity index is 1.64. The topological polar surface area (TPSA) is 28.9 Å². The number of hydrogen-bond acceptors (Lipinski definition) is 1. The third-order valence-electron chi connectivity index (χ3n) is 5.21. The first-order valence-corrected chi connectivity index (χ1v) is 8.79. The molecule has 2 heterocycles. The van der Waals surface area contributed by atoms with E-state index in [1.165, 1.54) is 27.1 Å². The molecule has 26 heavy (non-hydrogen) atoms. The highest BCUT2D eigenvalue weighted by atomic mass is 16.3. The summed E-state index contributed by atoms with van der Waals surface area (Å²) >= 11 is 0. The van der Waals surface area contributed by atoms with Crippen LogP contribution < -0.4 is 0 Å². The predicted octanol–water partition coefficient (Wildman–Crippen LogP) is 6.89. The quantitative estimate of drug-likeness (QED) is 0.349. The van der Waals surface area contributed by atoms with Gasteiger partial charge in [0.15, 0.2) is 0 Å². The number of benzene rings is 4. The molecule has 0 spiro atoms. The molecule has 4 aromatic carbocycles. The van der Waals surface area contributed by atoms with E-state index < -0.39 is 0 Å².